The molecule has 0 aliphatic heterocycles. The fourth-order valence-corrected chi connectivity index (χ4v) is 2.75. The number of carbonyl (C=O) groups excluding carboxylic acids is 1. The highest BCUT2D eigenvalue weighted by Gasteiger charge is 2.36. The van der Waals surface area contributed by atoms with Gasteiger partial charge in [0.05, 0.1) is 6.61 Å². The van der Waals surface area contributed by atoms with E-state index in [1.165, 1.54) is 0 Å². The Morgan fingerprint density at radius 2 is 2.04 bits per heavy atom. The van der Waals surface area contributed by atoms with Crippen molar-refractivity contribution < 1.29 is 27.1 Å². The van der Waals surface area contributed by atoms with Crippen LogP contribution in [0.1, 0.15) is 66.6 Å². The molecule has 23 heavy (non-hydrogen) atoms. The number of ether oxygens (including phenoxy) is 1. The molecule has 0 amide bonds. The Balaban J connectivity index is 2.35. The van der Waals surface area contributed by atoms with Gasteiger partial charge in [-0.05, 0) is 25.8 Å². The van der Waals surface area contributed by atoms with Gasteiger partial charge in [0.25, 0.3) is 6.43 Å². The van der Waals surface area contributed by atoms with E-state index in [0.29, 0.717) is 0 Å². The SMILES string of the molecule is CCOC(=O)c1c(C(F)F)cc(C2CCC(F)(F)CC2)nc1N. The van der Waals surface area contributed by atoms with Gasteiger partial charge in [0, 0.05) is 30.0 Å². The van der Waals surface area contributed by atoms with Gasteiger partial charge in [-0.15, -0.1) is 0 Å². The molecule has 2 rings (SSSR count). The van der Waals surface area contributed by atoms with E-state index in [0.717, 1.165) is 6.07 Å². The topological polar surface area (TPSA) is 65.2 Å². The molecule has 0 spiro atoms. The van der Waals surface area contributed by atoms with Crippen LogP contribution in [-0.4, -0.2) is 23.5 Å². The van der Waals surface area contributed by atoms with Crippen LogP contribution in [-0.2, 0) is 4.74 Å². The third-order valence-electron chi connectivity index (χ3n) is 3.95. The minimum Gasteiger partial charge on any atom is -0.462 e. The monoisotopic (exact) mass is 334 g/mol. The smallest absolute Gasteiger partial charge is 0.342 e. The van der Waals surface area contributed by atoms with Crippen LogP contribution < -0.4 is 5.73 Å². The van der Waals surface area contributed by atoms with Gasteiger partial charge in [-0.25, -0.2) is 27.3 Å². The second-order valence-corrected chi connectivity index (χ2v) is 5.55. The number of nitrogen functional groups attached to an aromatic ring is 1. The highest BCUT2D eigenvalue weighted by molar-refractivity contribution is 5.96. The number of alkyl halides is 4. The van der Waals surface area contributed by atoms with Crippen molar-refractivity contribution in [3.63, 3.8) is 0 Å². The average molecular weight is 334 g/mol. The summed E-state index contributed by atoms with van der Waals surface area (Å²) >= 11 is 0. The first-order chi connectivity index (χ1) is 10.7. The van der Waals surface area contributed by atoms with E-state index >= 15 is 0 Å². The highest BCUT2D eigenvalue weighted by Crippen LogP contribution is 2.41. The molecule has 0 radical (unpaired) electrons. The Bertz CT molecular complexity index is 583. The Morgan fingerprint density at radius 1 is 1.43 bits per heavy atom. The normalized spacial score (nSPS) is 18.2. The van der Waals surface area contributed by atoms with Crippen LogP contribution >= 0.6 is 0 Å². The van der Waals surface area contributed by atoms with Gasteiger partial charge in [-0.3, -0.25) is 0 Å². The molecule has 0 bridgehead atoms. The first-order valence-corrected chi connectivity index (χ1v) is 7.38. The standard InChI is InChI=1S/C15H18F4N2O2/c1-2-23-14(22)11-9(12(16)17)7-10(21-13(11)20)8-3-5-15(18,19)6-4-8/h7-8,12H,2-6H2,1H3,(H2,20,21). The molecular formula is C15H18F4N2O2. The molecule has 0 aromatic carbocycles. The average Bonchev–Trinajstić information content (AvgIpc) is 2.46. The van der Waals surface area contributed by atoms with E-state index < -0.39 is 29.4 Å². The molecular weight excluding hydrogens is 316 g/mol. The largest absolute Gasteiger partial charge is 0.462 e. The van der Waals surface area contributed by atoms with Crippen LogP contribution in [0.2, 0.25) is 0 Å². The van der Waals surface area contributed by atoms with Crippen molar-refractivity contribution in [3.8, 4) is 0 Å². The number of hydrogen-bond acceptors (Lipinski definition) is 4. The van der Waals surface area contributed by atoms with Crippen LogP contribution in [0.4, 0.5) is 23.4 Å². The molecule has 4 nitrogen and oxygen atoms in total. The number of anilines is 1. The summed E-state index contributed by atoms with van der Waals surface area (Å²) in [7, 11) is 0. The zero-order valence-electron chi connectivity index (χ0n) is 12.6. The maximum Gasteiger partial charge on any atom is 0.342 e. The lowest BCUT2D eigenvalue weighted by Gasteiger charge is -2.28. The number of nitrogens with zero attached hydrogens (tertiary/aromatic N) is 1. The Morgan fingerprint density at radius 3 is 2.57 bits per heavy atom. The molecule has 0 unspecified atom stereocenters. The molecule has 0 saturated heterocycles. The van der Waals surface area contributed by atoms with Crippen molar-refractivity contribution in [2.24, 2.45) is 0 Å². The highest BCUT2D eigenvalue weighted by atomic mass is 19.3. The quantitative estimate of drug-likeness (QED) is 0.666. The summed E-state index contributed by atoms with van der Waals surface area (Å²) in [6.07, 6.45) is -3.29. The summed E-state index contributed by atoms with van der Waals surface area (Å²) in [6.45, 7) is 1.56. The lowest BCUT2D eigenvalue weighted by Crippen LogP contribution is -2.24. The van der Waals surface area contributed by atoms with Crippen molar-refractivity contribution in [1.29, 1.82) is 0 Å². The van der Waals surface area contributed by atoms with Crippen LogP contribution in [0.15, 0.2) is 6.07 Å². The summed E-state index contributed by atoms with van der Waals surface area (Å²) < 4.78 is 57.7. The van der Waals surface area contributed by atoms with Gasteiger partial charge >= 0.3 is 5.97 Å². The minimum atomic E-state index is -2.94. The Labute approximate surface area is 131 Å². The molecule has 1 fully saturated rings. The molecule has 1 heterocycles. The summed E-state index contributed by atoms with van der Waals surface area (Å²) in [6, 6.07) is 1.08. The molecule has 0 atom stereocenters. The van der Waals surface area contributed by atoms with Gasteiger partial charge in [-0.2, -0.15) is 0 Å². The van der Waals surface area contributed by atoms with E-state index in [1.807, 2.05) is 0 Å². The predicted molar refractivity (Wildman–Crippen MR) is 75.7 cm³/mol. The first kappa shape index (κ1) is 17.5. The van der Waals surface area contributed by atoms with E-state index in [2.05, 4.69) is 4.98 Å². The zero-order chi connectivity index (χ0) is 17.2. The lowest BCUT2D eigenvalue weighted by molar-refractivity contribution is -0.0385. The summed E-state index contributed by atoms with van der Waals surface area (Å²) in [5, 5.41) is 0. The summed E-state index contributed by atoms with van der Waals surface area (Å²) in [4.78, 5) is 15.8. The molecule has 1 aromatic rings. The number of esters is 1. The van der Waals surface area contributed by atoms with Crippen molar-refractivity contribution in [3.05, 3.63) is 22.9 Å². The van der Waals surface area contributed by atoms with Crippen molar-refractivity contribution in [2.45, 2.75) is 50.9 Å². The number of aromatic nitrogens is 1. The maximum atomic E-state index is 13.3. The number of pyridine rings is 1. The number of rotatable bonds is 4. The van der Waals surface area contributed by atoms with Crippen LogP contribution in [0.3, 0.4) is 0 Å². The van der Waals surface area contributed by atoms with E-state index in [4.69, 9.17) is 10.5 Å². The van der Waals surface area contributed by atoms with Crippen LogP contribution in [0.5, 0.6) is 0 Å². The molecule has 1 saturated carbocycles. The molecule has 1 aliphatic carbocycles. The number of nitrogens with two attached hydrogens (primary N) is 1. The predicted octanol–water partition coefficient (Wildman–Crippen LogP) is 4.07. The van der Waals surface area contributed by atoms with Gasteiger partial charge in [-0.1, -0.05) is 0 Å². The first-order valence-electron chi connectivity index (χ1n) is 7.38. The zero-order valence-corrected chi connectivity index (χ0v) is 12.6. The third-order valence-corrected chi connectivity index (χ3v) is 3.95. The van der Waals surface area contributed by atoms with Gasteiger partial charge in [0.2, 0.25) is 5.92 Å². The fourth-order valence-electron chi connectivity index (χ4n) is 2.75. The molecule has 8 heteroatoms. The second kappa shape index (κ2) is 6.72. The molecule has 2 N–H and O–H groups in total. The Hall–Kier alpha value is -1.86. The van der Waals surface area contributed by atoms with Crippen LogP contribution in [0, 0.1) is 0 Å². The van der Waals surface area contributed by atoms with Crippen LogP contribution in [0.25, 0.3) is 0 Å². The lowest BCUT2D eigenvalue weighted by atomic mass is 9.84. The van der Waals surface area contributed by atoms with E-state index in [-0.39, 0.29) is 49.7 Å². The summed E-state index contributed by atoms with van der Waals surface area (Å²) in [5.74, 6) is -4.41. The number of carbonyl (C=O) groups is 1. The summed E-state index contributed by atoms with van der Waals surface area (Å²) in [5.41, 5.74) is 4.86. The fraction of sp³-hybridized carbons (Fsp3) is 0.600. The number of hydrogen-bond donors (Lipinski definition) is 1. The number of halogens is 4. The Kier molecular flexibility index (Phi) is 5.11. The van der Waals surface area contributed by atoms with Crippen molar-refractivity contribution in [2.75, 3.05) is 12.3 Å². The maximum absolute atomic E-state index is 13.3. The van der Waals surface area contributed by atoms with E-state index in [9.17, 15) is 22.4 Å². The molecule has 128 valence electrons. The van der Waals surface area contributed by atoms with Gasteiger partial charge in [0.1, 0.15) is 11.4 Å². The second-order valence-electron chi connectivity index (χ2n) is 5.55. The minimum absolute atomic E-state index is 0.0143. The van der Waals surface area contributed by atoms with Crippen molar-refractivity contribution >= 4 is 11.8 Å². The third kappa shape index (κ3) is 3.92. The van der Waals surface area contributed by atoms with Crippen molar-refractivity contribution in [1.82, 2.24) is 4.98 Å². The van der Waals surface area contributed by atoms with Gasteiger partial charge < -0.3 is 10.5 Å². The molecule has 1 aliphatic rings. The molecule has 1 aromatic heterocycles. The van der Waals surface area contributed by atoms with Gasteiger partial charge in [0.15, 0.2) is 0 Å². The van der Waals surface area contributed by atoms with E-state index in [1.54, 1.807) is 6.92 Å².